The first kappa shape index (κ1) is 11.9. The van der Waals surface area contributed by atoms with E-state index < -0.39 is 5.41 Å². The summed E-state index contributed by atoms with van der Waals surface area (Å²) in [7, 11) is 0. The van der Waals surface area contributed by atoms with Gasteiger partial charge in [-0.1, -0.05) is 0 Å². The molecule has 0 aliphatic carbocycles. The van der Waals surface area contributed by atoms with Gasteiger partial charge in [0.05, 0.1) is 12.0 Å². The number of nitrogens with two attached hydrogens (primary N) is 1. The first-order chi connectivity index (χ1) is 6.97. The lowest BCUT2D eigenvalue weighted by molar-refractivity contribution is -0.146. The highest BCUT2D eigenvalue weighted by molar-refractivity contribution is 5.83. The minimum Gasteiger partial charge on any atom is -0.370 e. The first-order valence-electron chi connectivity index (χ1n) is 4.84. The van der Waals surface area contributed by atoms with Gasteiger partial charge in [-0.3, -0.25) is 15.0 Å². The number of morpholine rings is 1. The quantitative estimate of drug-likeness (QED) is 0.354. The van der Waals surface area contributed by atoms with E-state index in [1.807, 2.05) is 0 Å². The molecule has 1 saturated heterocycles. The van der Waals surface area contributed by atoms with E-state index in [1.54, 1.807) is 18.7 Å². The van der Waals surface area contributed by atoms with Gasteiger partial charge >= 0.3 is 0 Å². The summed E-state index contributed by atoms with van der Waals surface area (Å²) in [6.07, 6.45) is 0. The largest absolute Gasteiger partial charge is 0.370 e. The maximum Gasteiger partial charge on any atom is 0.248 e. The molecule has 6 nitrogen and oxygen atoms in total. The van der Waals surface area contributed by atoms with Crippen LogP contribution >= 0.6 is 0 Å². The summed E-state index contributed by atoms with van der Waals surface area (Å²) in [5, 5.41) is 0. The zero-order chi connectivity index (χ0) is 11.5. The molecule has 1 fully saturated rings. The van der Waals surface area contributed by atoms with Gasteiger partial charge in [-0.2, -0.15) is 0 Å². The maximum atomic E-state index is 11.4. The third-order valence-corrected chi connectivity index (χ3v) is 2.42. The highest BCUT2D eigenvalue weighted by Crippen LogP contribution is 2.17. The molecule has 1 aliphatic rings. The summed E-state index contributed by atoms with van der Waals surface area (Å²) in [5.41, 5.74) is 1.42. The molecule has 86 valence electrons. The van der Waals surface area contributed by atoms with Crippen LogP contribution in [0.25, 0.3) is 0 Å². The number of rotatable bonds is 3. The van der Waals surface area contributed by atoms with Crippen LogP contribution in [0.4, 0.5) is 0 Å². The Morgan fingerprint density at radius 1 is 1.67 bits per heavy atom. The zero-order valence-corrected chi connectivity index (χ0v) is 9.08. The fourth-order valence-electron chi connectivity index (χ4n) is 1.46. The Bertz CT molecular complexity index is 265. The molecule has 1 rings (SSSR count). The van der Waals surface area contributed by atoms with Gasteiger partial charge in [0.2, 0.25) is 11.8 Å². The number of hydrogen-bond donors (Lipinski definition) is 2. The van der Waals surface area contributed by atoms with Gasteiger partial charge < -0.3 is 9.64 Å². The lowest BCUT2D eigenvalue weighted by Crippen LogP contribution is -2.51. The normalized spacial score (nSPS) is 17.8. The Morgan fingerprint density at radius 3 is 2.87 bits per heavy atom. The summed E-state index contributed by atoms with van der Waals surface area (Å²) >= 11 is 0. The molecule has 0 bridgehead atoms. The third kappa shape index (κ3) is 2.90. The second-order valence-corrected chi connectivity index (χ2v) is 4.23. The zero-order valence-electron chi connectivity index (χ0n) is 9.08. The molecule has 0 radical (unpaired) electrons. The molecule has 0 unspecified atom stereocenters. The molecule has 0 aromatic heterocycles. The fraction of sp³-hybridized carbons (Fsp3) is 0.778. The molecule has 0 aromatic rings. The molecule has 1 heterocycles. The highest BCUT2D eigenvalue weighted by Gasteiger charge is 2.32. The van der Waals surface area contributed by atoms with Gasteiger partial charge in [0.15, 0.2) is 0 Å². The van der Waals surface area contributed by atoms with Crippen LogP contribution in [-0.2, 0) is 14.3 Å². The smallest absolute Gasteiger partial charge is 0.248 e. The number of ether oxygens (including phenoxy) is 1. The molecule has 3 N–H and O–H groups in total. The van der Waals surface area contributed by atoms with Gasteiger partial charge in [0.25, 0.3) is 0 Å². The van der Waals surface area contributed by atoms with E-state index in [0.717, 1.165) is 0 Å². The van der Waals surface area contributed by atoms with Crippen LogP contribution in [0, 0.1) is 5.41 Å². The molecule has 1 aliphatic heterocycles. The van der Waals surface area contributed by atoms with Gasteiger partial charge in [-0.15, -0.1) is 0 Å². The van der Waals surface area contributed by atoms with Crippen molar-refractivity contribution < 1.29 is 14.3 Å². The number of carbonyl (C=O) groups excluding carboxylic acids is 2. The Labute approximate surface area is 88.7 Å². The van der Waals surface area contributed by atoms with E-state index in [1.165, 1.54) is 0 Å². The second-order valence-electron chi connectivity index (χ2n) is 4.23. The van der Waals surface area contributed by atoms with Gasteiger partial charge in [-0.25, -0.2) is 5.84 Å². The van der Waals surface area contributed by atoms with Crippen LogP contribution in [0.1, 0.15) is 13.8 Å². The average molecular weight is 215 g/mol. The third-order valence-electron chi connectivity index (χ3n) is 2.42. The summed E-state index contributed by atoms with van der Waals surface area (Å²) in [4.78, 5) is 24.5. The van der Waals surface area contributed by atoms with Crippen LogP contribution in [-0.4, -0.2) is 43.0 Å². The van der Waals surface area contributed by atoms with Crippen LogP contribution < -0.4 is 11.3 Å². The Balaban J connectivity index is 2.59. The van der Waals surface area contributed by atoms with Crippen molar-refractivity contribution >= 4 is 11.8 Å². The van der Waals surface area contributed by atoms with Crippen molar-refractivity contribution in [3.8, 4) is 0 Å². The molecule has 0 aromatic carbocycles. The molecule has 0 spiro atoms. The van der Waals surface area contributed by atoms with Crippen molar-refractivity contribution in [1.82, 2.24) is 10.3 Å². The predicted molar refractivity (Wildman–Crippen MR) is 53.5 cm³/mol. The van der Waals surface area contributed by atoms with E-state index in [2.05, 4.69) is 5.43 Å². The van der Waals surface area contributed by atoms with E-state index in [9.17, 15) is 9.59 Å². The van der Waals surface area contributed by atoms with Crippen molar-refractivity contribution in [3.63, 3.8) is 0 Å². The topological polar surface area (TPSA) is 84.7 Å². The van der Waals surface area contributed by atoms with Crippen LogP contribution in [0.2, 0.25) is 0 Å². The minimum absolute atomic E-state index is 0.0841. The van der Waals surface area contributed by atoms with Gasteiger partial charge in [0, 0.05) is 13.1 Å². The molecule has 6 heteroatoms. The number of carbonyl (C=O) groups is 2. The lowest BCUT2D eigenvalue weighted by Gasteiger charge is -2.33. The number of nitrogens with zero attached hydrogens (tertiary/aromatic N) is 1. The van der Waals surface area contributed by atoms with Crippen LogP contribution in [0.5, 0.6) is 0 Å². The van der Waals surface area contributed by atoms with Crippen molar-refractivity contribution in [2.75, 3.05) is 26.3 Å². The van der Waals surface area contributed by atoms with E-state index in [4.69, 9.17) is 10.6 Å². The van der Waals surface area contributed by atoms with Gasteiger partial charge in [0.1, 0.15) is 6.61 Å². The first-order valence-corrected chi connectivity index (χ1v) is 4.84. The fourth-order valence-corrected chi connectivity index (χ4v) is 1.46. The molecule has 2 amide bonds. The molecular weight excluding hydrogens is 198 g/mol. The number of nitrogens with one attached hydrogen (secondary N) is 1. The van der Waals surface area contributed by atoms with E-state index >= 15 is 0 Å². The van der Waals surface area contributed by atoms with Gasteiger partial charge in [-0.05, 0) is 13.8 Å². The number of hydrazine groups is 1. The highest BCUT2D eigenvalue weighted by atomic mass is 16.5. The molecule has 15 heavy (non-hydrogen) atoms. The van der Waals surface area contributed by atoms with Crippen molar-refractivity contribution in [1.29, 1.82) is 0 Å². The predicted octanol–water partition coefficient (Wildman–Crippen LogP) is -1.14. The summed E-state index contributed by atoms with van der Waals surface area (Å²) in [6, 6.07) is 0. The molecule has 0 saturated carbocycles. The van der Waals surface area contributed by atoms with Crippen LogP contribution in [0.3, 0.4) is 0 Å². The monoisotopic (exact) mass is 215 g/mol. The van der Waals surface area contributed by atoms with Crippen molar-refractivity contribution in [3.05, 3.63) is 0 Å². The lowest BCUT2D eigenvalue weighted by atomic mass is 9.91. The standard InChI is InChI=1S/C9H17N3O3/c1-9(2,8(14)11-10)6-12-3-4-15-5-7(12)13/h3-6,10H2,1-2H3,(H,11,14). The Kier molecular flexibility index (Phi) is 3.65. The minimum atomic E-state index is -0.679. The summed E-state index contributed by atoms with van der Waals surface area (Å²) < 4.78 is 5.00. The average Bonchev–Trinajstić information content (AvgIpc) is 2.20. The molecule has 0 atom stereocenters. The van der Waals surface area contributed by atoms with E-state index in [0.29, 0.717) is 19.7 Å². The Hall–Kier alpha value is -1.14. The van der Waals surface area contributed by atoms with E-state index in [-0.39, 0.29) is 18.4 Å². The van der Waals surface area contributed by atoms with Crippen molar-refractivity contribution in [2.45, 2.75) is 13.8 Å². The second kappa shape index (κ2) is 4.59. The van der Waals surface area contributed by atoms with Crippen LogP contribution in [0.15, 0.2) is 0 Å². The van der Waals surface area contributed by atoms with Crippen molar-refractivity contribution in [2.24, 2.45) is 11.3 Å². The summed E-state index contributed by atoms with van der Waals surface area (Å²) in [6.45, 7) is 5.00. The SMILES string of the molecule is CC(C)(CN1CCOCC1=O)C(=O)NN. The summed E-state index contributed by atoms with van der Waals surface area (Å²) in [5.74, 6) is 4.71. The molecular formula is C9H17N3O3. The maximum absolute atomic E-state index is 11.4. The number of amides is 2. The number of hydrogen-bond acceptors (Lipinski definition) is 4. The Morgan fingerprint density at radius 2 is 2.33 bits per heavy atom.